The zero-order valence-electron chi connectivity index (χ0n) is 11.8. The summed E-state index contributed by atoms with van der Waals surface area (Å²) in [5.41, 5.74) is 7.23. The molecule has 0 radical (unpaired) electrons. The number of nitrogens with two attached hydrogens (primary N) is 1. The van der Waals surface area contributed by atoms with E-state index in [-0.39, 0.29) is 6.04 Å². The third-order valence-electron chi connectivity index (χ3n) is 3.23. The SMILES string of the molecule is CC(C)CN(c1ncccc1CC(C)N)C1CC1. The van der Waals surface area contributed by atoms with Crippen LogP contribution in [0.3, 0.4) is 0 Å². The molecule has 0 aliphatic heterocycles. The van der Waals surface area contributed by atoms with Gasteiger partial charge in [0.05, 0.1) is 0 Å². The molecule has 0 bridgehead atoms. The molecule has 3 heteroatoms. The largest absolute Gasteiger partial charge is 0.353 e. The maximum Gasteiger partial charge on any atom is 0.132 e. The van der Waals surface area contributed by atoms with Crippen LogP contribution < -0.4 is 10.6 Å². The highest BCUT2D eigenvalue weighted by atomic mass is 15.2. The molecule has 0 saturated heterocycles. The number of aromatic nitrogens is 1. The van der Waals surface area contributed by atoms with E-state index in [1.54, 1.807) is 0 Å². The van der Waals surface area contributed by atoms with E-state index in [0.717, 1.165) is 18.8 Å². The lowest BCUT2D eigenvalue weighted by Gasteiger charge is -2.28. The van der Waals surface area contributed by atoms with Crippen molar-refractivity contribution in [3.05, 3.63) is 23.9 Å². The van der Waals surface area contributed by atoms with Crippen molar-refractivity contribution in [1.29, 1.82) is 0 Å². The Labute approximate surface area is 110 Å². The van der Waals surface area contributed by atoms with Crippen molar-refractivity contribution in [2.24, 2.45) is 11.7 Å². The fraction of sp³-hybridized carbons (Fsp3) is 0.667. The molecule has 0 amide bonds. The van der Waals surface area contributed by atoms with Crippen LogP contribution >= 0.6 is 0 Å². The molecule has 1 aromatic heterocycles. The van der Waals surface area contributed by atoms with E-state index in [4.69, 9.17) is 5.73 Å². The quantitative estimate of drug-likeness (QED) is 0.840. The molecule has 3 nitrogen and oxygen atoms in total. The molecule has 1 unspecified atom stereocenters. The Morgan fingerprint density at radius 3 is 2.67 bits per heavy atom. The molecule has 1 heterocycles. The van der Waals surface area contributed by atoms with Crippen LogP contribution in [0.15, 0.2) is 18.3 Å². The first-order chi connectivity index (χ1) is 8.58. The van der Waals surface area contributed by atoms with Crippen molar-refractivity contribution >= 4 is 5.82 Å². The highest BCUT2D eigenvalue weighted by molar-refractivity contribution is 5.49. The Morgan fingerprint density at radius 2 is 2.11 bits per heavy atom. The minimum absolute atomic E-state index is 0.188. The smallest absolute Gasteiger partial charge is 0.132 e. The molecule has 1 aliphatic carbocycles. The molecule has 0 aromatic carbocycles. The van der Waals surface area contributed by atoms with E-state index >= 15 is 0 Å². The Hall–Kier alpha value is -1.09. The van der Waals surface area contributed by atoms with Gasteiger partial charge in [0, 0.05) is 24.8 Å². The fourth-order valence-corrected chi connectivity index (χ4v) is 2.38. The first-order valence-electron chi connectivity index (χ1n) is 7.04. The second-order valence-corrected chi connectivity index (χ2v) is 5.94. The molecular formula is C15H25N3. The van der Waals surface area contributed by atoms with Crippen LogP contribution in [0.25, 0.3) is 0 Å². The van der Waals surface area contributed by atoms with Gasteiger partial charge in [0.15, 0.2) is 0 Å². The minimum Gasteiger partial charge on any atom is -0.353 e. The number of hydrogen-bond acceptors (Lipinski definition) is 3. The summed E-state index contributed by atoms with van der Waals surface area (Å²) in [4.78, 5) is 7.11. The summed E-state index contributed by atoms with van der Waals surface area (Å²) in [5, 5.41) is 0. The van der Waals surface area contributed by atoms with Gasteiger partial charge in [-0.3, -0.25) is 0 Å². The van der Waals surface area contributed by atoms with Gasteiger partial charge in [0.2, 0.25) is 0 Å². The van der Waals surface area contributed by atoms with Crippen LogP contribution in [0.1, 0.15) is 39.2 Å². The first-order valence-corrected chi connectivity index (χ1v) is 7.04. The molecule has 18 heavy (non-hydrogen) atoms. The highest BCUT2D eigenvalue weighted by Crippen LogP contribution is 2.33. The maximum absolute atomic E-state index is 5.94. The molecule has 1 atom stereocenters. The number of pyridine rings is 1. The van der Waals surface area contributed by atoms with Gasteiger partial charge in [0.25, 0.3) is 0 Å². The highest BCUT2D eigenvalue weighted by Gasteiger charge is 2.31. The van der Waals surface area contributed by atoms with E-state index in [0.29, 0.717) is 12.0 Å². The summed E-state index contributed by atoms with van der Waals surface area (Å²) in [6, 6.07) is 5.07. The molecule has 1 aliphatic rings. The summed E-state index contributed by atoms with van der Waals surface area (Å²) in [6.07, 6.45) is 5.42. The number of rotatable bonds is 6. The summed E-state index contributed by atoms with van der Waals surface area (Å²) in [5.74, 6) is 1.82. The third kappa shape index (κ3) is 3.45. The van der Waals surface area contributed by atoms with Gasteiger partial charge >= 0.3 is 0 Å². The first kappa shape index (κ1) is 13.3. The van der Waals surface area contributed by atoms with E-state index in [9.17, 15) is 0 Å². The normalized spacial score (nSPS) is 16.9. The van der Waals surface area contributed by atoms with Gasteiger partial charge in [0.1, 0.15) is 5.82 Å². The van der Waals surface area contributed by atoms with Gasteiger partial charge in [-0.2, -0.15) is 0 Å². The van der Waals surface area contributed by atoms with Crippen molar-refractivity contribution in [2.75, 3.05) is 11.4 Å². The second-order valence-electron chi connectivity index (χ2n) is 5.94. The lowest BCUT2D eigenvalue weighted by atomic mass is 10.1. The van der Waals surface area contributed by atoms with Crippen LogP contribution in [-0.2, 0) is 6.42 Å². The third-order valence-corrected chi connectivity index (χ3v) is 3.23. The topological polar surface area (TPSA) is 42.2 Å². The van der Waals surface area contributed by atoms with Gasteiger partial charge < -0.3 is 10.6 Å². The lowest BCUT2D eigenvalue weighted by Crippen LogP contribution is -2.32. The maximum atomic E-state index is 5.94. The van der Waals surface area contributed by atoms with Gasteiger partial charge in [-0.1, -0.05) is 19.9 Å². The van der Waals surface area contributed by atoms with Crippen LogP contribution in [-0.4, -0.2) is 23.6 Å². The number of nitrogens with zero attached hydrogens (tertiary/aromatic N) is 2. The van der Waals surface area contributed by atoms with Crippen LogP contribution in [0, 0.1) is 5.92 Å². The molecule has 1 fully saturated rings. The standard InChI is InChI=1S/C15H25N3/c1-11(2)10-18(14-6-7-14)15-13(9-12(3)16)5-4-8-17-15/h4-5,8,11-12,14H,6-7,9-10,16H2,1-3H3. The summed E-state index contributed by atoms with van der Waals surface area (Å²) < 4.78 is 0. The van der Waals surface area contributed by atoms with Crippen molar-refractivity contribution in [3.8, 4) is 0 Å². The lowest BCUT2D eigenvalue weighted by molar-refractivity contribution is 0.599. The molecule has 1 saturated carbocycles. The molecule has 1 aromatic rings. The van der Waals surface area contributed by atoms with Gasteiger partial charge in [-0.15, -0.1) is 0 Å². The zero-order valence-corrected chi connectivity index (χ0v) is 11.8. The van der Waals surface area contributed by atoms with Gasteiger partial charge in [-0.05, 0) is 43.7 Å². The van der Waals surface area contributed by atoms with Crippen molar-refractivity contribution in [1.82, 2.24) is 4.98 Å². The average molecular weight is 247 g/mol. The molecule has 2 rings (SSSR count). The predicted octanol–water partition coefficient (Wildman–Crippen LogP) is 2.60. The van der Waals surface area contributed by atoms with Crippen LogP contribution in [0.5, 0.6) is 0 Å². The Balaban J connectivity index is 2.22. The molecule has 2 N–H and O–H groups in total. The predicted molar refractivity (Wildman–Crippen MR) is 76.8 cm³/mol. The number of hydrogen-bond donors (Lipinski definition) is 1. The van der Waals surface area contributed by atoms with Crippen LogP contribution in [0.2, 0.25) is 0 Å². The van der Waals surface area contributed by atoms with E-state index in [1.165, 1.54) is 18.4 Å². The fourth-order valence-electron chi connectivity index (χ4n) is 2.38. The summed E-state index contributed by atoms with van der Waals surface area (Å²) in [6.45, 7) is 7.68. The van der Waals surface area contributed by atoms with E-state index in [1.807, 2.05) is 12.3 Å². The van der Waals surface area contributed by atoms with Crippen molar-refractivity contribution in [2.45, 2.75) is 52.1 Å². The van der Waals surface area contributed by atoms with Crippen LogP contribution in [0.4, 0.5) is 5.82 Å². The monoisotopic (exact) mass is 247 g/mol. The second kappa shape index (κ2) is 5.70. The van der Waals surface area contributed by atoms with E-state index in [2.05, 4.69) is 36.7 Å². The van der Waals surface area contributed by atoms with Crippen molar-refractivity contribution < 1.29 is 0 Å². The Morgan fingerprint density at radius 1 is 1.39 bits per heavy atom. The summed E-state index contributed by atoms with van der Waals surface area (Å²) in [7, 11) is 0. The van der Waals surface area contributed by atoms with Crippen molar-refractivity contribution in [3.63, 3.8) is 0 Å². The summed E-state index contributed by atoms with van der Waals surface area (Å²) >= 11 is 0. The Bertz CT molecular complexity index is 383. The van der Waals surface area contributed by atoms with Gasteiger partial charge in [-0.25, -0.2) is 4.98 Å². The zero-order chi connectivity index (χ0) is 13.1. The minimum atomic E-state index is 0.188. The molecular weight excluding hydrogens is 222 g/mol. The number of anilines is 1. The van der Waals surface area contributed by atoms with E-state index < -0.39 is 0 Å². The Kier molecular flexibility index (Phi) is 4.23. The molecule has 0 spiro atoms. The molecule has 100 valence electrons. The average Bonchev–Trinajstić information content (AvgIpc) is 3.09.